The van der Waals surface area contributed by atoms with Crippen LogP contribution in [0.4, 0.5) is 19.1 Å². The molecule has 0 bridgehead atoms. The molecule has 0 amide bonds. The SMILES string of the molecule is CC(C)(C)OCCOc1cc(C(F)(F)F)nc(N)n1. The van der Waals surface area contributed by atoms with Crippen LogP contribution in [0.25, 0.3) is 0 Å². The second kappa shape index (κ2) is 5.60. The molecule has 19 heavy (non-hydrogen) atoms. The Morgan fingerprint density at radius 1 is 1.16 bits per heavy atom. The lowest BCUT2D eigenvalue weighted by atomic mass is 10.2. The minimum Gasteiger partial charge on any atom is -0.475 e. The van der Waals surface area contributed by atoms with Gasteiger partial charge in [-0.05, 0) is 20.8 Å². The highest BCUT2D eigenvalue weighted by Gasteiger charge is 2.33. The summed E-state index contributed by atoms with van der Waals surface area (Å²) in [4.78, 5) is 6.67. The summed E-state index contributed by atoms with van der Waals surface area (Å²) >= 11 is 0. The first kappa shape index (κ1) is 15.5. The molecule has 8 heteroatoms. The van der Waals surface area contributed by atoms with Crippen LogP contribution in [-0.2, 0) is 10.9 Å². The van der Waals surface area contributed by atoms with Gasteiger partial charge >= 0.3 is 6.18 Å². The molecular formula is C11H16F3N3O2. The molecule has 0 aromatic carbocycles. The fourth-order valence-corrected chi connectivity index (χ4v) is 1.16. The third kappa shape index (κ3) is 5.73. The van der Waals surface area contributed by atoms with Crippen molar-refractivity contribution in [2.45, 2.75) is 32.5 Å². The Hall–Kier alpha value is -1.57. The molecule has 1 rings (SSSR count). The van der Waals surface area contributed by atoms with Crippen molar-refractivity contribution in [1.82, 2.24) is 9.97 Å². The molecule has 0 saturated heterocycles. The molecule has 2 N–H and O–H groups in total. The first-order chi connectivity index (χ1) is 8.58. The quantitative estimate of drug-likeness (QED) is 0.856. The van der Waals surface area contributed by atoms with E-state index in [1.165, 1.54) is 0 Å². The zero-order chi connectivity index (χ0) is 14.7. The number of nitrogen functional groups attached to an aromatic ring is 1. The second-order valence-corrected chi connectivity index (χ2v) is 4.76. The summed E-state index contributed by atoms with van der Waals surface area (Å²) in [6.45, 7) is 5.88. The number of hydrogen-bond donors (Lipinski definition) is 1. The molecule has 0 unspecified atom stereocenters. The molecule has 1 aromatic rings. The first-order valence-electron chi connectivity index (χ1n) is 5.56. The Kier molecular flexibility index (Phi) is 4.56. The van der Waals surface area contributed by atoms with Gasteiger partial charge in [0, 0.05) is 6.07 Å². The van der Waals surface area contributed by atoms with Crippen LogP contribution >= 0.6 is 0 Å². The van der Waals surface area contributed by atoms with Crippen LogP contribution < -0.4 is 10.5 Å². The number of nitrogens with two attached hydrogens (primary N) is 1. The van der Waals surface area contributed by atoms with Gasteiger partial charge in [0.2, 0.25) is 11.8 Å². The van der Waals surface area contributed by atoms with Crippen molar-refractivity contribution in [3.63, 3.8) is 0 Å². The molecule has 0 spiro atoms. The summed E-state index contributed by atoms with van der Waals surface area (Å²) in [6, 6.07) is 0.702. The van der Waals surface area contributed by atoms with Crippen LogP contribution in [0, 0.1) is 0 Å². The largest absolute Gasteiger partial charge is 0.475 e. The molecule has 0 saturated carbocycles. The predicted molar refractivity (Wildman–Crippen MR) is 62.6 cm³/mol. The van der Waals surface area contributed by atoms with Crippen LogP contribution in [0.15, 0.2) is 6.07 Å². The second-order valence-electron chi connectivity index (χ2n) is 4.76. The number of nitrogens with zero attached hydrogens (tertiary/aromatic N) is 2. The number of halogens is 3. The highest BCUT2D eigenvalue weighted by atomic mass is 19.4. The lowest BCUT2D eigenvalue weighted by Crippen LogP contribution is -2.22. The van der Waals surface area contributed by atoms with Gasteiger partial charge in [-0.1, -0.05) is 0 Å². The smallest absolute Gasteiger partial charge is 0.433 e. The molecule has 0 atom stereocenters. The molecule has 0 aliphatic carbocycles. The average Bonchev–Trinajstić information content (AvgIpc) is 2.21. The number of alkyl halides is 3. The van der Waals surface area contributed by atoms with E-state index in [0.29, 0.717) is 6.07 Å². The van der Waals surface area contributed by atoms with Crippen LogP contribution in [0.1, 0.15) is 26.5 Å². The summed E-state index contributed by atoms with van der Waals surface area (Å²) < 4.78 is 47.8. The van der Waals surface area contributed by atoms with E-state index in [0.717, 1.165) is 0 Å². The maximum atomic E-state index is 12.5. The lowest BCUT2D eigenvalue weighted by molar-refractivity contribution is -0.141. The van der Waals surface area contributed by atoms with Crippen LogP contribution in [0.3, 0.4) is 0 Å². The average molecular weight is 279 g/mol. The summed E-state index contributed by atoms with van der Waals surface area (Å²) in [5.41, 5.74) is 3.72. The summed E-state index contributed by atoms with van der Waals surface area (Å²) in [6.07, 6.45) is -4.59. The van der Waals surface area contributed by atoms with E-state index >= 15 is 0 Å². The van der Waals surface area contributed by atoms with Crippen molar-refractivity contribution in [2.75, 3.05) is 18.9 Å². The number of anilines is 1. The van der Waals surface area contributed by atoms with Crippen LogP contribution in [-0.4, -0.2) is 28.8 Å². The van der Waals surface area contributed by atoms with Gasteiger partial charge in [0.25, 0.3) is 0 Å². The van der Waals surface area contributed by atoms with Crippen molar-refractivity contribution < 1.29 is 22.6 Å². The van der Waals surface area contributed by atoms with Gasteiger partial charge in [-0.2, -0.15) is 18.2 Å². The van der Waals surface area contributed by atoms with E-state index in [9.17, 15) is 13.2 Å². The molecule has 1 heterocycles. The third-order valence-corrected chi connectivity index (χ3v) is 1.88. The summed E-state index contributed by atoms with van der Waals surface area (Å²) in [5, 5.41) is 0. The first-order valence-corrected chi connectivity index (χ1v) is 5.56. The molecule has 0 aliphatic rings. The van der Waals surface area contributed by atoms with E-state index in [4.69, 9.17) is 15.2 Å². The van der Waals surface area contributed by atoms with Crippen LogP contribution in [0.2, 0.25) is 0 Å². The van der Waals surface area contributed by atoms with Gasteiger partial charge < -0.3 is 15.2 Å². The maximum Gasteiger partial charge on any atom is 0.433 e. The van der Waals surface area contributed by atoms with Gasteiger partial charge in [0.05, 0.1) is 12.2 Å². The van der Waals surface area contributed by atoms with Gasteiger partial charge in [0.1, 0.15) is 6.61 Å². The fraction of sp³-hybridized carbons (Fsp3) is 0.636. The minimum atomic E-state index is -4.59. The number of hydrogen-bond acceptors (Lipinski definition) is 5. The van der Waals surface area contributed by atoms with Crippen molar-refractivity contribution in [2.24, 2.45) is 0 Å². The maximum absolute atomic E-state index is 12.5. The molecule has 1 aromatic heterocycles. The lowest BCUT2D eigenvalue weighted by Gasteiger charge is -2.19. The number of rotatable bonds is 4. The molecule has 0 radical (unpaired) electrons. The Morgan fingerprint density at radius 2 is 1.79 bits per heavy atom. The Balaban J connectivity index is 2.62. The Bertz CT molecular complexity index is 430. The molecule has 5 nitrogen and oxygen atoms in total. The van der Waals surface area contributed by atoms with E-state index in [1.54, 1.807) is 0 Å². The van der Waals surface area contributed by atoms with E-state index in [1.807, 2.05) is 20.8 Å². The van der Waals surface area contributed by atoms with Crippen molar-refractivity contribution in [1.29, 1.82) is 0 Å². The fourth-order valence-electron chi connectivity index (χ4n) is 1.16. The molecular weight excluding hydrogens is 263 g/mol. The zero-order valence-corrected chi connectivity index (χ0v) is 10.9. The highest BCUT2D eigenvalue weighted by molar-refractivity contribution is 5.27. The minimum absolute atomic E-state index is 0.0744. The number of ether oxygens (including phenoxy) is 2. The van der Waals surface area contributed by atoms with Crippen molar-refractivity contribution >= 4 is 5.95 Å². The summed E-state index contributed by atoms with van der Waals surface area (Å²) in [7, 11) is 0. The van der Waals surface area contributed by atoms with Gasteiger partial charge in [-0.25, -0.2) is 4.98 Å². The Labute approximate surface area is 108 Å². The normalized spacial score (nSPS) is 12.5. The number of aromatic nitrogens is 2. The third-order valence-electron chi connectivity index (χ3n) is 1.88. The monoisotopic (exact) mass is 279 g/mol. The standard InChI is InChI=1S/C11H16F3N3O2/c1-10(2,3)19-5-4-18-8-6-7(11(12,13)14)16-9(15)17-8/h6H,4-5H2,1-3H3,(H2,15,16,17). The van der Waals surface area contributed by atoms with E-state index in [-0.39, 0.29) is 24.7 Å². The topological polar surface area (TPSA) is 70.3 Å². The van der Waals surface area contributed by atoms with Gasteiger partial charge in [-0.15, -0.1) is 0 Å². The summed E-state index contributed by atoms with van der Waals surface area (Å²) in [5.74, 6) is -0.709. The Morgan fingerprint density at radius 3 is 2.32 bits per heavy atom. The zero-order valence-electron chi connectivity index (χ0n) is 10.9. The predicted octanol–water partition coefficient (Wildman–Crippen LogP) is 2.27. The van der Waals surface area contributed by atoms with Crippen molar-refractivity contribution in [3.05, 3.63) is 11.8 Å². The highest BCUT2D eigenvalue weighted by Crippen LogP contribution is 2.29. The van der Waals surface area contributed by atoms with Gasteiger partial charge in [-0.3, -0.25) is 0 Å². The van der Waals surface area contributed by atoms with E-state index in [2.05, 4.69) is 9.97 Å². The van der Waals surface area contributed by atoms with Crippen molar-refractivity contribution in [3.8, 4) is 5.88 Å². The van der Waals surface area contributed by atoms with Gasteiger partial charge in [0.15, 0.2) is 5.69 Å². The molecule has 108 valence electrons. The van der Waals surface area contributed by atoms with Crippen LogP contribution in [0.5, 0.6) is 5.88 Å². The van der Waals surface area contributed by atoms with E-state index < -0.39 is 17.8 Å². The molecule has 0 fully saturated rings. The molecule has 0 aliphatic heterocycles.